The molecule has 1 aliphatic rings. The molecule has 1 amide bonds. The molecule has 1 saturated heterocycles. The fourth-order valence-corrected chi connectivity index (χ4v) is 4.56. The predicted molar refractivity (Wildman–Crippen MR) is 82.3 cm³/mol. The van der Waals surface area contributed by atoms with E-state index in [1.807, 2.05) is 0 Å². The largest absolute Gasteiger partial charge is 0.352 e. The van der Waals surface area contributed by atoms with Crippen LogP contribution in [0.1, 0.15) is 23.7 Å². The molecule has 1 fully saturated rings. The molecule has 0 aromatic heterocycles. The van der Waals surface area contributed by atoms with Gasteiger partial charge in [0.05, 0.1) is 17.3 Å². The highest BCUT2D eigenvalue weighted by molar-refractivity contribution is 8.00. The molecule has 22 heavy (non-hydrogen) atoms. The number of carbonyl (C=O) groups excluding carboxylic acids is 2. The molecule has 120 valence electrons. The Morgan fingerprint density at radius 1 is 1.41 bits per heavy atom. The minimum atomic E-state index is -3.04. The fourth-order valence-electron chi connectivity index (χ4n) is 2.16. The summed E-state index contributed by atoms with van der Waals surface area (Å²) in [7, 11) is -3.04. The lowest BCUT2D eigenvalue weighted by molar-refractivity contribution is -0.119. The van der Waals surface area contributed by atoms with Crippen molar-refractivity contribution >= 4 is 33.3 Å². The van der Waals surface area contributed by atoms with Crippen LogP contribution in [0.2, 0.25) is 0 Å². The maximum atomic E-state index is 13.8. The molecule has 1 heterocycles. The number of hydrogen-bond acceptors (Lipinski definition) is 5. The summed E-state index contributed by atoms with van der Waals surface area (Å²) >= 11 is 1.01. The van der Waals surface area contributed by atoms with Gasteiger partial charge in [0, 0.05) is 16.5 Å². The van der Waals surface area contributed by atoms with E-state index >= 15 is 0 Å². The van der Waals surface area contributed by atoms with Crippen LogP contribution in [0.5, 0.6) is 0 Å². The second-order valence-corrected chi connectivity index (χ2v) is 8.40. The summed E-state index contributed by atoms with van der Waals surface area (Å²) in [5.74, 6) is -1.06. The molecule has 0 unspecified atom stereocenters. The van der Waals surface area contributed by atoms with Crippen LogP contribution in [-0.4, -0.2) is 43.4 Å². The first kappa shape index (κ1) is 17.0. The van der Waals surface area contributed by atoms with Gasteiger partial charge in [0.1, 0.15) is 5.82 Å². The topological polar surface area (TPSA) is 80.3 Å². The Hall–Kier alpha value is -1.41. The zero-order valence-corrected chi connectivity index (χ0v) is 13.6. The van der Waals surface area contributed by atoms with Crippen molar-refractivity contribution in [2.45, 2.75) is 24.3 Å². The average molecular weight is 345 g/mol. The number of hydrogen-bond donors (Lipinski definition) is 1. The molecular formula is C14H16FNO4S2. The third-order valence-corrected chi connectivity index (χ3v) is 6.11. The van der Waals surface area contributed by atoms with Crippen LogP contribution < -0.4 is 5.32 Å². The molecule has 1 aromatic rings. The Balaban J connectivity index is 1.88. The highest BCUT2D eigenvalue weighted by atomic mass is 32.2. The minimum Gasteiger partial charge on any atom is -0.352 e. The summed E-state index contributed by atoms with van der Waals surface area (Å²) in [6.07, 6.45) is 0.417. The number of carbonyl (C=O) groups is 2. The van der Waals surface area contributed by atoms with E-state index in [0.29, 0.717) is 6.42 Å². The first-order valence-corrected chi connectivity index (χ1v) is 9.50. The standard InChI is InChI=1S/C14H16FNO4S2/c1-9(17)10-2-3-13(12(15)6-10)21-7-14(18)16-11-4-5-22(19,20)8-11/h2-3,6,11H,4-5,7-8H2,1H3,(H,16,18)/t11-/m1/s1. The van der Waals surface area contributed by atoms with Gasteiger partial charge in [-0.25, -0.2) is 12.8 Å². The van der Waals surface area contributed by atoms with Gasteiger partial charge in [-0.05, 0) is 25.5 Å². The van der Waals surface area contributed by atoms with Crippen molar-refractivity contribution in [2.24, 2.45) is 0 Å². The van der Waals surface area contributed by atoms with E-state index in [4.69, 9.17) is 0 Å². The van der Waals surface area contributed by atoms with Crippen LogP contribution in [0.3, 0.4) is 0 Å². The summed E-state index contributed by atoms with van der Waals surface area (Å²) < 4.78 is 36.4. The molecule has 5 nitrogen and oxygen atoms in total. The van der Waals surface area contributed by atoms with Crippen molar-refractivity contribution in [3.8, 4) is 0 Å². The van der Waals surface area contributed by atoms with E-state index in [2.05, 4.69) is 5.32 Å². The Bertz CT molecular complexity index is 703. The van der Waals surface area contributed by atoms with Gasteiger partial charge in [0.25, 0.3) is 0 Å². The van der Waals surface area contributed by atoms with E-state index in [1.54, 1.807) is 0 Å². The molecular weight excluding hydrogens is 329 g/mol. The smallest absolute Gasteiger partial charge is 0.230 e. The number of benzene rings is 1. The Kier molecular flexibility index (Phi) is 5.23. The number of halogens is 1. The number of nitrogens with one attached hydrogen (secondary N) is 1. The average Bonchev–Trinajstić information content (AvgIpc) is 2.76. The van der Waals surface area contributed by atoms with E-state index in [0.717, 1.165) is 17.8 Å². The first-order valence-electron chi connectivity index (χ1n) is 6.70. The van der Waals surface area contributed by atoms with Gasteiger partial charge in [0.2, 0.25) is 5.91 Å². The lowest BCUT2D eigenvalue weighted by atomic mass is 10.1. The second kappa shape index (κ2) is 6.78. The number of sulfone groups is 1. The highest BCUT2D eigenvalue weighted by Gasteiger charge is 2.28. The fraction of sp³-hybridized carbons (Fsp3) is 0.429. The van der Waals surface area contributed by atoms with E-state index in [9.17, 15) is 22.4 Å². The summed E-state index contributed by atoms with van der Waals surface area (Å²) in [6, 6.07) is 3.76. The van der Waals surface area contributed by atoms with Crippen molar-refractivity contribution in [2.75, 3.05) is 17.3 Å². The molecule has 0 spiro atoms. The summed E-state index contributed by atoms with van der Waals surface area (Å²) in [5, 5.41) is 2.64. The highest BCUT2D eigenvalue weighted by Crippen LogP contribution is 2.23. The van der Waals surface area contributed by atoms with Crippen molar-refractivity contribution in [1.82, 2.24) is 5.32 Å². The quantitative estimate of drug-likeness (QED) is 0.645. The molecule has 1 aromatic carbocycles. The van der Waals surface area contributed by atoms with Gasteiger partial charge in [-0.2, -0.15) is 0 Å². The van der Waals surface area contributed by atoms with Crippen LogP contribution in [0.4, 0.5) is 4.39 Å². The van der Waals surface area contributed by atoms with Crippen LogP contribution >= 0.6 is 11.8 Å². The lowest BCUT2D eigenvalue weighted by Gasteiger charge is -2.10. The van der Waals surface area contributed by atoms with Crippen molar-refractivity contribution in [1.29, 1.82) is 0 Å². The maximum absolute atomic E-state index is 13.8. The van der Waals surface area contributed by atoms with Gasteiger partial charge < -0.3 is 5.32 Å². The van der Waals surface area contributed by atoms with Gasteiger partial charge in [0.15, 0.2) is 15.6 Å². The molecule has 1 N–H and O–H groups in total. The molecule has 2 rings (SSSR count). The Labute approximate surface area is 132 Å². The molecule has 1 atom stereocenters. The van der Waals surface area contributed by atoms with Crippen molar-refractivity contribution < 1.29 is 22.4 Å². The zero-order valence-electron chi connectivity index (χ0n) is 12.0. The van der Waals surface area contributed by atoms with E-state index < -0.39 is 15.7 Å². The molecule has 1 aliphatic heterocycles. The van der Waals surface area contributed by atoms with Gasteiger partial charge in [-0.3, -0.25) is 9.59 Å². The monoisotopic (exact) mass is 345 g/mol. The predicted octanol–water partition coefficient (Wildman–Crippen LogP) is 1.42. The van der Waals surface area contributed by atoms with Crippen LogP contribution in [-0.2, 0) is 14.6 Å². The molecule has 0 aliphatic carbocycles. The third-order valence-electron chi connectivity index (χ3n) is 3.29. The van der Waals surface area contributed by atoms with Crippen LogP contribution in [0.15, 0.2) is 23.1 Å². The van der Waals surface area contributed by atoms with Crippen LogP contribution in [0.25, 0.3) is 0 Å². The number of Topliss-reactive ketones (excluding diaryl/α,β-unsaturated/α-hetero) is 1. The zero-order chi connectivity index (χ0) is 16.3. The second-order valence-electron chi connectivity index (χ2n) is 5.16. The Morgan fingerprint density at radius 3 is 2.68 bits per heavy atom. The summed E-state index contributed by atoms with van der Waals surface area (Å²) in [4.78, 5) is 23.2. The van der Waals surface area contributed by atoms with Crippen molar-refractivity contribution in [3.05, 3.63) is 29.6 Å². The van der Waals surface area contributed by atoms with Gasteiger partial charge in [-0.15, -0.1) is 11.8 Å². The van der Waals surface area contributed by atoms with E-state index in [-0.39, 0.29) is 45.4 Å². The third kappa shape index (κ3) is 4.54. The number of thioether (sulfide) groups is 1. The molecule has 8 heteroatoms. The van der Waals surface area contributed by atoms with Crippen LogP contribution in [0, 0.1) is 5.82 Å². The molecule has 0 saturated carbocycles. The normalized spacial score (nSPS) is 19.8. The number of ketones is 1. The van der Waals surface area contributed by atoms with Gasteiger partial charge >= 0.3 is 0 Å². The SMILES string of the molecule is CC(=O)c1ccc(SCC(=O)N[C@@H]2CCS(=O)(=O)C2)c(F)c1. The molecule has 0 radical (unpaired) electrons. The summed E-state index contributed by atoms with van der Waals surface area (Å²) in [5.41, 5.74) is 0.280. The Morgan fingerprint density at radius 2 is 2.14 bits per heavy atom. The van der Waals surface area contributed by atoms with Crippen molar-refractivity contribution in [3.63, 3.8) is 0 Å². The maximum Gasteiger partial charge on any atom is 0.230 e. The summed E-state index contributed by atoms with van der Waals surface area (Å²) in [6.45, 7) is 1.35. The van der Waals surface area contributed by atoms with E-state index in [1.165, 1.54) is 19.1 Å². The first-order chi connectivity index (χ1) is 10.3. The number of amides is 1. The van der Waals surface area contributed by atoms with Gasteiger partial charge in [-0.1, -0.05) is 6.07 Å². The lowest BCUT2D eigenvalue weighted by Crippen LogP contribution is -2.36. The molecule has 0 bridgehead atoms. The number of rotatable bonds is 5. The minimum absolute atomic E-state index is 0.00706.